The summed E-state index contributed by atoms with van der Waals surface area (Å²) in [5, 5.41) is 10.5. The van der Waals surface area contributed by atoms with E-state index in [-0.39, 0.29) is 11.5 Å². The first-order valence-electron chi connectivity index (χ1n) is 9.24. The lowest BCUT2D eigenvalue weighted by Crippen LogP contribution is -2.53. The minimum atomic E-state index is -0.00895. The molecule has 0 aromatic carbocycles. The molecule has 0 amide bonds. The Kier molecular flexibility index (Phi) is 3.05. The number of fused-ring (bicyclic) bond motifs is 5. The summed E-state index contributed by atoms with van der Waals surface area (Å²) in [6, 6.07) is 0. The van der Waals surface area contributed by atoms with Crippen LogP contribution in [0, 0.1) is 34.5 Å². The van der Waals surface area contributed by atoms with E-state index < -0.39 is 0 Å². The molecule has 1 heteroatoms. The van der Waals surface area contributed by atoms with Crippen LogP contribution in [-0.2, 0) is 0 Å². The smallest absolute Gasteiger partial charge is 0.0596 e. The summed E-state index contributed by atoms with van der Waals surface area (Å²) in [6.07, 6.45) is 14.0. The fourth-order valence-electron chi connectivity index (χ4n) is 7.27. The second-order valence-electron chi connectivity index (χ2n) is 9.04. The lowest BCUT2D eigenvalue weighted by atomic mass is 9.45. The van der Waals surface area contributed by atoms with E-state index in [2.05, 4.69) is 13.8 Å². The molecule has 4 rings (SSSR count). The van der Waals surface area contributed by atoms with Crippen molar-refractivity contribution in [1.82, 2.24) is 0 Å². The summed E-state index contributed by atoms with van der Waals surface area (Å²) in [7, 11) is 0. The summed E-state index contributed by atoms with van der Waals surface area (Å²) >= 11 is 0. The summed E-state index contributed by atoms with van der Waals surface area (Å²) in [6.45, 7) is 5.04. The van der Waals surface area contributed by atoms with Gasteiger partial charge in [0, 0.05) is 0 Å². The quantitative estimate of drug-likeness (QED) is 0.675. The van der Waals surface area contributed by atoms with Gasteiger partial charge < -0.3 is 5.11 Å². The highest BCUT2D eigenvalue weighted by Gasteiger charge is 2.59. The highest BCUT2D eigenvalue weighted by molar-refractivity contribution is 5.08. The van der Waals surface area contributed by atoms with Gasteiger partial charge in [0.05, 0.1) is 6.10 Å². The van der Waals surface area contributed by atoms with Gasteiger partial charge in [-0.05, 0) is 85.9 Å². The number of hydrogen-bond acceptors (Lipinski definition) is 1. The molecule has 4 fully saturated rings. The van der Waals surface area contributed by atoms with E-state index in [9.17, 15) is 5.11 Å². The van der Waals surface area contributed by atoms with Crippen LogP contribution < -0.4 is 0 Å². The van der Waals surface area contributed by atoms with E-state index in [0.29, 0.717) is 5.41 Å². The first-order chi connectivity index (χ1) is 9.56. The van der Waals surface area contributed by atoms with Crippen molar-refractivity contribution >= 4 is 0 Å². The van der Waals surface area contributed by atoms with Crippen molar-refractivity contribution < 1.29 is 5.11 Å². The highest BCUT2D eigenvalue weighted by Crippen LogP contribution is 2.66. The lowest BCUT2D eigenvalue weighted by molar-refractivity contribution is -0.120. The molecule has 7 atom stereocenters. The highest BCUT2D eigenvalue weighted by atomic mass is 16.3. The van der Waals surface area contributed by atoms with Gasteiger partial charge in [-0.2, -0.15) is 0 Å². The Morgan fingerprint density at radius 1 is 0.750 bits per heavy atom. The van der Waals surface area contributed by atoms with Gasteiger partial charge in [-0.25, -0.2) is 0 Å². The van der Waals surface area contributed by atoms with Crippen LogP contribution in [0.15, 0.2) is 0 Å². The van der Waals surface area contributed by atoms with Crippen molar-refractivity contribution in [2.45, 2.75) is 84.2 Å². The minimum absolute atomic E-state index is 0.00895. The monoisotopic (exact) mass is 276 g/mol. The molecule has 0 bridgehead atoms. The molecule has 1 nitrogen and oxygen atoms in total. The SMILES string of the molecule is C[C@]12CC[C@H]3[C@@H](CCC4CCCC[C@@]43C)[C@@H]1CC[C@@H]2O. The van der Waals surface area contributed by atoms with Crippen molar-refractivity contribution in [3.8, 4) is 0 Å². The van der Waals surface area contributed by atoms with Gasteiger partial charge in [0.15, 0.2) is 0 Å². The largest absolute Gasteiger partial charge is 0.393 e. The molecule has 4 aliphatic carbocycles. The maximum Gasteiger partial charge on any atom is 0.0596 e. The van der Waals surface area contributed by atoms with Gasteiger partial charge >= 0.3 is 0 Å². The molecule has 0 aromatic heterocycles. The second kappa shape index (κ2) is 4.48. The van der Waals surface area contributed by atoms with E-state index in [0.717, 1.165) is 30.1 Å². The van der Waals surface area contributed by atoms with Crippen LogP contribution in [0.2, 0.25) is 0 Å². The molecule has 0 spiro atoms. The van der Waals surface area contributed by atoms with Gasteiger partial charge in [0.2, 0.25) is 0 Å². The van der Waals surface area contributed by atoms with E-state index in [4.69, 9.17) is 0 Å². The molecule has 0 heterocycles. The predicted octanol–water partition coefficient (Wildman–Crippen LogP) is 4.78. The van der Waals surface area contributed by atoms with Crippen LogP contribution >= 0.6 is 0 Å². The Labute approximate surface area is 124 Å². The molecule has 4 saturated carbocycles. The number of rotatable bonds is 0. The normalized spacial score (nSPS) is 58.6. The predicted molar refractivity (Wildman–Crippen MR) is 82.4 cm³/mol. The van der Waals surface area contributed by atoms with Crippen LogP contribution in [-0.4, -0.2) is 11.2 Å². The first-order valence-corrected chi connectivity index (χ1v) is 9.24. The summed E-state index contributed by atoms with van der Waals surface area (Å²) in [5.74, 6) is 3.76. The van der Waals surface area contributed by atoms with Gasteiger partial charge in [0.25, 0.3) is 0 Å². The number of aliphatic hydroxyl groups excluding tert-OH is 1. The molecule has 20 heavy (non-hydrogen) atoms. The Morgan fingerprint density at radius 2 is 1.55 bits per heavy atom. The summed E-state index contributed by atoms with van der Waals surface area (Å²) in [4.78, 5) is 0. The van der Waals surface area contributed by atoms with Crippen LogP contribution in [0.4, 0.5) is 0 Å². The zero-order chi connectivity index (χ0) is 14.0. The van der Waals surface area contributed by atoms with E-state index >= 15 is 0 Å². The Morgan fingerprint density at radius 3 is 2.40 bits per heavy atom. The Bertz CT molecular complexity index is 391. The molecule has 0 radical (unpaired) electrons. The molecule has 0 saturated heterocycles. The topological polar surface area (TPSA) is 20.2 Å². The molecule has 1 N–H and O–H groups in total. The third-order valence-electron chi connectivity index (χ3n) is 8.53. The number of aliphatic hydroxyl groups is 1. The Balaban J connectivity index is 1.64. The summed E-state index contributed by atoms with van der Waals surface area (Å²) < 4.78 is 0. The molecular weight excluding hydrogens is 244 g/mol. The third-order valence-corrected chi connectivity index (χ3v) is 8.53. The molecule has 4 aliphatic rings. The van der Waals surface area contributed by atoms with Crippen LogP contribution in [0.5, 0.6) is 0 Å². The van der Waals surface area contributed by atoms with Crippen LogP contribution in [0.3, 0.4) is 0 Å². The van der Waals surface area contributed by atoms with Gasteiger partial charge in [-0.1, -0.05) is 26.7 Å². The fraction of sp³-hybridized carbons (Fsp3) is 1.00. The average molecular weight is 276 g/mol. The van der Waals surface area contributed by atoms with Crippen molar-refractivity contribution in [3.05, 3.63) is 0 Å². The average Bonchev–Trinajstić information content (AvgIpc) is 2.74. The van der Waals surface area contributed by atoms with Crippen molar-refractivity contribution in [2.75, 3.05) is 0 Å². The van der Waals surface area contributed by atoms with Crippen molar-refractivity contribution in [2.24, 2.45) is 34.5 Å². The van der Waals surface area contributed by atoms with E-state index in [1.807, 2.05) is 0 Å². The van der Waals surface area contributed by atoms with Crippen LogP contribution in [0.1, 0.15) is 78.1 Å². The molecule has 1 unspecified atom stereocenters. The zero-order valence-electron chi connectivity index (χ0n) is 13.4. The standard InChI is InChI=1S/C19H32O/c1-18-11-4-3-5-13(18)6-7-14-15-8-9-17(20)19(15,2)12-10-16(14)18/h13-17,20H,3-12H2,1-2H3/t13?,14-,15-,16-,17-,18-,19-/m0/s1. The second-order valence-corrected chi connectivity index (χ2v) is 9.04. The summed E-state index contributed by atoms with van der Waals surface area (Å²) in [5.41, 5.74) is 0.912. The zero-order valence-corrected chi connectivity index (χ0v) is 13.4. The van der Waals surface area contributed by atoms with Crippen molar-refractivity contribution in [3.63, 3.8) is 0 Å². The molecule has 0 aliphatic heterocycles. The Hall–Kier alpha value is -0.0400. The van der Waals surface area contributed by atoms with Gasteiger partial charge in [-0.3, -0.25) is 0 Å². The van der Waals surface area contributed by atoms with E-state index in [1.54, 1.807) is 0 Å². The fourth-order valence-corrected chi connectivity index (χ4v) is 7.27. The lowest BCUT2D eigenvalue weighted by Gasteiger charge is -2.60. The van der Waals surface area contributed by atoms with Crippen LogP contribution in [0.25, 0.3) is 0 Å². The maximum atomic E-state index is 10.5. The van der Waals surface area contributed by atoms with Gasteiger partial charge in [0.1, 0.15) is 0 Å². The van der Waals surface area contributed by atoms with Gasteiger partial charge in [-0.15, -0.1) is 0 Å². The van der Waals surface area contributed by atoms with Crippen molar-refractivity contribution in [1.29, 1.82) is 0 Å². The minimum Gasteiger partial charge on any atom is -0.393 e. The molecule has 114 valence electrons. The molecule has 0 aromatic rings. The molecular formula is C19H32O. The number of hydrogen-bond donors (Lipinski definition) is 1. The maximum absolute atomic E-state index is 10.5. The first kappa shape index (κ1) is 13.6. The third kappa shape index (κ3) is 1.65. The van der Waals surface area contributed by atoms with E-state index in [1.165, 1.54) is 57.8 Å².